The van der Waals surface area contributed by atoms with Crippen molar-refractivity contribution in [1.82, 2.24) is 9.88 Å². The molecule has 0 spiro atoms. The van der Waals surface area contributed by atoms with Crippen molar-refractivity contribution in [3.05, 3.63) is 53.3 Å². The van der Waals surface area contributed by atoms with E-state index in [4.69, 9.17) is 13.9 Å². The second kappa shape index (κ2) is 10.1. The first-order chi connectivity index (χ1) is 15.6. The fraction of sp³-hybridized carbons (Fsp3) is 0.333. The fourth-order valence-corrected chi connectivity index (χ4v) is 4.99. The van der Waals surface area contributed by atoms with Gasteiger partial charge in [0.25, 0.3) is 0 Å². The average molecular weight is 488 g/mol. The molecular weight excluding hydrogens is 462 g/mol. The minimum Gasteiger partial charge on any atom is -0.492 e. The lowest BCUT2D eigenvalue weighted by molar-refractivity contribution is -0.0699. The Kier molecular flexibility index (Phi) is 7.19. The molecule has 0 amide bonds. The fourth-order valence-electron chi connectivity index (χ4n) is 4.20. The SMILES string of the molecule is CC1CN(CCOc2ccc3oc(-c4cc5sccc5cn4)c/c(=N/O)c3c2)CC(C)O1.Cl. The van der Waals surface area contributed by atoms with Crippen molar-refractivity contribution in [1.29, 1.82) is 0 Å². The number of hydrogen-bond acceptors (Lipinski definition) is 8. The maximum absolute atomic E-state index is 9.64. The summed E-state index contributed by atoms with van der Waals surface area (Å²) < 4.78 is 19.0. The lowest BCUT2D eigenvalue weighted by atomic mass is 10.1. The van der Waals surface area contributed by atoms with Crippen LogP contribution in [-0.4, -0.2) is 53.5 Å². The van der Waals surface area contributed by atoms with Crippen LogP contribution in [0.5, 0.6) is 5.75 Å². The van der Waals surface area contributed by atoms with E-state index in [9.17, 15) is 5.21 Å². The van der Waals surface area contributed by atoms with E-state index < -0.39 is 0 Å². The van der Waals surface area contributed by atoms with Crippen molar-refractivity contribution in [2.75, 3.05) is 26.2 Å². The molecule has 0 radical (unpaired) electrons. The minimum atomic E-state index is 0. The van der Waals surface area contributed by atoms with Crippen LogP contribution < -0.4 is 10.1 Å². The molecular formula is C24H26ClN3O4S. The highest BCUT2D eigenvalue weighted by Gasteiger charge is 2.21. The molecule has 0 bridgehead atoms. The molecule has 0 saturated carbocycles. The van der Waals surface area contributed by atoms with Gasteiger partial charge in [-0.05, 0) is 49.6 Å². The van der Waals surface area contributed by atoms with E-state index in [0.29, 0.717) is 40.1 Å². The molecule has 33 heavy (non-hydrogen) atoms. The molecule has 1 N–H and O–H groups in total. The third-order valence-electron chi connectivity index (χ3n) is 5.58. The number of fused-ring (bicyclic) bond motifs is 2. The molecule has 1 fully saturated rings. The predicted molar refractivity (Wildman–Crippen MR) is 131 cm³/mol. The number of pyridine rings is 1. The van der Waals surface area contributed by atoms with E-state index in [0.717, 1.165) is 29.7 Å². The third-order valence-corrected chi connectivity index (χ3v) is 6.46. The van der Waals surface area contributed by atoms with Crippen LogP contribution in [0.15, 0.2) is 57.5 Å². The number of halogens is 1. The summed E-state index contributed by atoms with van der Waals surface area (Å²) in [6.45, 7) is 7.40. The Morgan fingerprint density at radius 2 is 2.00 bits per heavy atom. The number of morpholine rings is 1. The molecule has 9 heteroatoms. The van der Waals surface area contributed by atoms with Crippen LogP contribution in [0.4, 0.5) is 0 Å². The highest BCUT2D eigenvalue weighted by atomic mass is 35.5. The lowest BCUT2D eigenvalue weighted by Crippen LogP contribution is -2.46. The van der Waals surface area contributed by atoms with Gasteiger partial charge in [-0.3, -0.25) is 9.88 Å². The van der Waals surface area contributed by atoms with Gasteiger partial charge in [0.05, 0.1) is 17.6 Å². The molecule has 1 aliphatic rings. The lowest BCUT2D eigenvalue weighted by Gasteiger charge is -2.35. The standard InChI is InChI=1S/C24H25N3O4S.ClH/c1-15-13-27(14-16(2)30-15)6-7-29-18-3-4-22-19(9-18)20(26-28)10-23(31-22)21-11-24-17(12-25-21)5-8-32-24;/h3-5,8-12,15-16,28H,6-7,13-14H2,1-2H3;1H/b26-20-;. The van der Waals surface area contributed by atoms with Crippen molar-refractivity contribution in [3.63, 3.8) is 0 Å². The highest BCUT2D eigenvalue weighted by molar-refractivity contribution is 7.17. The minimum absolute atomic E-state index is 0. The molecule has 3 aromatic heterocycles. The Hall–Kier alpha value is -2.65. The summed E-state index contributed by atoms with van der Waals surface area (Å²) in [4.78, 5) is 6.85. The summed E-state index contributed by atoms with van der Waals surface area (Å²) in [5.41, 5.74) is 1.30. The molecule has 2 atom stereocenters. The molecule has 4 aromatic rings. The molecule has 1 saturated heterocycles. The van der Waals surface area contributed by atoms with Crippen LogP contribution in [0, 0.1) is 0 Å². The molecule has 5 rings (SSSR count). The van der Waals surface area contributed by atoms with Gasteiger partial charge in [0.1, 0.15) is 29.0 Å². The number of ether oxygens (including phenoxy) is 2. The molecule has 0 aliphatic carbocycles. The van der Waals surface area contributed by atoms with Gasteiger partial charge in [-0.25, -0.2) is 0 Å². The monoisotopic (exact) mass is 487 g/mol. The van der Waals surface area contributed by atoms with Crippen LogP contribution in [0.1, 0.15) is 13.8 Å². The summed E-state index contributed by atoms with van der Waals surface area (Å²) >= 11 is 1.65. The van der Waals surface area contributed by atoms with Gasteiger partial charge in [0, 0.05) is 42.0 Å². The van der Waals surface area contributed by atoms with Crippen molar-refractivity contribution in [3.8, 4) is 17.2 Å². The zero-order chi connectivity index (χ0) is 22.1. The van der Waals surface area contributed by atoms with Crippen LogP contribution >= 0.6 is 23.7 Å². The number of benzene rings is 1. The zero-order valence-electron chi connectivity index (χ0n) is 18.4. The van der Waals surface area contributed by atoms with E-state index in [1.165, 1.54) is 0 Å². The molecule has 1 aromatic carbocycles. The van der Waals surface area contributed by atoms with Crippen LogP contribution in [0.25, 0.3) is 32.5 Å². The van der Waals surface area contributed by atoms with Gasteiger partial charge in [0.2, 0.25) is 0 Å². The van der Waals surface area contributed by atoms with E-state index in [2.05, 4.69) is 28.9 Å². The van der Waals surface area contributed by atoms with Crippen LogP contribution in [-0.2, 0) is 4.74 Å². The van der Waals surface area contributed by atoms with Crippen molar-refractivity contribution >= 4 is 44.8 Å². The van der Waals surface area contributed by atoms with Crippen molar-refractivity contribution in [2.24, 2.45) is 5.16 Å². The highest BCUT2D eigenvalue weighted by Crippen LogP contribution is 2.27. The molecule has 1 aliphatic heterocycles. The second-order valence-corrected chi connectivity index (χ2v) is 9.09. The van der Waals surface area contributed by atoms with Crippen LogP contribution in [0.3, 0.4) is 0 Å². The topological polar surface area (TPSA) is 80.3 Å². The van der Waals surface area contributed by atoms with Gasteiger partial charge in [-0.15, -0.1) is 23.7 Å². The Labute approximate surface area is 201 Å². The quantitative estimate of drug-likeness (QED) is 0.318. The third kappa shape index (κ3) is 5.14. The summed E-state index contributed by atoms with van der Waals surface area (Å²) in [6, 6.07) is 11.3. The normalized spacial score (nSPS) is 19.6. The van der Waals surface area contributed by atoms with Gasteiger partial charge in [-0.1, -0.05) is 5.16 Å². The number of aromatic nitrogens is 1. The van der Waals surface area contributed by atoms with Crippen LogP contribution in [0.2, 0.25) is 0 Å². The predicted octanol–water partition coefficient (Wildman–Crippen LogP) is 4.91. The van der Waals surface area contributed by atoms with Crippen molar-refractivity contribution < 1.29 is 19.1 Å². The number of nitrogens with zero attached hydrogens (tertiary/aromatic N) is 3. The first-order valence-electron chi connectivity index (χ1n) is 10.7. The van der Waals surface area contributed by atoms with E-state index in [-0.39, 0.29) is 24.6 Å². The van der Waals surface area contributed by atoms with E-state index >= 15 is 0 Å². The Balaban J connectivity index is 0.00000259. The Morgan fingerprint density at radius 3 is 2.79 bits per heavy atom. The first kappa shape index (κ1) is 23.5. The van der Waals surface area contributed by atoms with E-state index in [1.807, 2.05) is 41.9 Å². The summed E-state index contributed by atoms with van der Waals surface area (Å²) in [7, 11) is 0. The molecule has 7 nitrogen and oxygen atoms in total. The summed E-state index contributed by atoms with van der Waals surface area (Å²) in [6.07, 6.45) is 2.29. The maximum Gasteiger partial charge on any atom is 0.155 e. The zero-order valence-corrected chi connectivity index (χ0v) is 20.1. The largest absolute Gasteiger partial charge is 0.492 e. The van der Waals surface area contributed by atoms with Gasteiger partial charge in [0.15, 0.2) is 5.76 Å². The van der Waals surface area contributed by atoms with Gasteiger partial charge >= 0.3 is 0 Å². The summed E-state index contributed by atoms with van der Waals surface area (Å²) in [5.74, 6) is 1.25. The average Bonchev–Trinajstić information content (AvgIpc) is 3.25. The Morgan fingerprint density at radius 1 is 1.18 bits per heavy atom. The first-order valence-corrected chi connectivity index (χ1v) is 11.6. The number of hydrogen-bond donors (Lipinski definition) is 1. The van der Waals surface area contributed by atoms with Gasteiger partial charge < -0.3 is 19.1 Å². The van der Waals surface area contributed by atoms with Crippen molar-refractivity contribution in [2.45, 2.75) is 26.1 Å². The maximum atomic E-state index is 9.64. The Bertz CT molecular complexity index is 1310. The smallest absolute Gasteiger partial charge is 0.155 e. The molecule has 2 unspecified atom stereocenters. The van der Waals surface area contributed by atoms with E-state index in [1.54, 1.807) is 17.4 Å². The second-order valence-electron chi connectivity index (χ2n) is 8.15. The molecule has 174 valence electrons. The number of rotatable bonds is 5. The van der Waals surface area contributed by atoms with Gasteiger partial charge in [-0.2, -0.15) is 0 Å². The summed E-state index contributed by atoms with van der Waals surface area (Å²) in [5, 5.41) is 17.3. The molecule has 4 heterocycles. The number of thiophene rings is 1.